The number of furan rings is 1. The highest BCUT2D eigenvalue weighted by Crippen LogP contribution is 2.32. The van der Waals surface area contributed by atoms with E-state index < -0.39 is 10.8 Å². The maximum Gasteiger partial charge on any atom is 0.291 e. The second-order valence-corrected chi connectivity index (χ2v) is 6.34. The molecule has 132 valence electrons. The predicted molar refractivity (Wildman–Crippen MR) is 100 cm³/mol. The average molecular weight is 412 g/mol. The lowest BCUT2D eigenvalue weighted by Gasteiger charge is -2.06. The molecule has 3 rings (SSSR count). The number of hydrogen-bond acceptors (Lipinski definition) is 4. The second kappa shape index (κ2) is 7.37. The first kappa shape index (κ1) is 18.3. The van der Waals surface area contributed by atoms with E-state index in [0.29, 0.717) is 16.3 Å². The first-order valence-corrected chi connectivity index (χ1v) is 8.29. The van der Waals surface area contributed by atoms with E-state index in [4.69, 9.17) is 39.2 Å². The number of anilines is 1. The van der Waals surface area contributed by atoms with E-state index in [1.807, 2.05) is 0 Å². The lowest BCUT2D eigenvalue weighted by Crippen LogP contribution is -2.11. The van der Waals surface area contributed by atoms with E-state index >= 15 is 0 Å². The topological polar surface area (TPSA) is 85.4 Å². The Morgan fingerprint density at radius 1 is 1.04 bits per heavy atom. The van der Waals surface area contributed by atoms with Gasteiger partial charge in [-0.1, -0.05) is 40.9 Å². The molecule has 0 saturated heterocycles. The Bertz CT molecular complexity index is 1020. The van der Waals surface area contributed by atoms with Gasteiger partial charge in [-0.15, -0.1) is 0 Å². The van der Waals surface area contributed by atoms with Crippen molar-refractivity contribution in [2.24, 2.45) is 0 Å². The summed E-state index contributed by atoms with van der Waals surface area (Å²) in [6, 6.07) is 12.0. The van der Waals surface area contributed by atoms with Crippen molar-refractivity contribution in [2.75, 3.05) is 5.32 Å². The molecule has 1 heterocycles. The Morgan fingerprint density at radius 2 is 1.81 bits per heavy atom. The molecule has 3 aromatic rings. The average Bonchev–Trinajstić information content (AvgIpc) is 3.09. The highest BCUT2D eigenvalue weighted by molar-refractivity contribution is 6.44. The van der Waals surface area contributed by atoms with Crippen LogP contribution in [-0.4, -0.2) is 10.8 Å². The van der Waals surface area contributed by atoms with Crippen molar-refractivity contribution in [3.63, 3.8) is 0 Å². The van der Waals surface area contributed by atoms with Gasteiger partial charge >= 0.3 is 0 Å². The van der Waals surface area contributed by atoms with Gasteiger partial charge in [-0.2, -0.15) is 0 Å². The van der Waals surface area contributed by atoms with Crippen molar-refractivity contribution in [2.45, 2.75) is 0 Å². The van der Waals surface area contributed by atoms with Crippen LogP contribution in [0.3, 0.4) is 0 Å². The Balaban J connectivity index is 1.86. The summed E-state index contributed by atoms with van der Waals surface area (Å²) in [6.07, 6.45) is 0. The molecule has 0 saturated carbocycles. The molecule has 9 heteroatoms. The van der Waals surface area contributed by atoms with Crippen molar-refractivity contribution < 1.29 is 14.1 Å². The zero-order valence-corrected chi connectivity index (χ0v) is 15.1. The molecule has 0 aliphatic heterocycles. The van der Waals surface area contributed by atoms with Gasteiger partial charge in [0.1, 0.15) is 10.8 Å². The van der Waals surface area contributed by atoms with Crippen molar-refractivity contribution in [3.05, 3.63) is 79.5 Å². The van der Waals surface area contributed by atoms with Crippen LogP contribution >= 0.6 is 34.8 Å². The van der Waals surface area contributed by atoms with Crippen molar-refractivity contribution >= 4 is 52.1 Å². The van der Waals surface area contributed by atoms with Crippen LogP contribution in [0.1, 0.15) is 10.6 Å². The highest BCUT2D eigenvalue weighted by Gasteiger charge is 2.18. The zero-order chi connectivity index (χ0) is 18.8. The number of nitro benzene ring substituents is 1. The molecular formula is C17H9Cl3N2O4. The van der Waals surface area contributed by atoms with Crippen LogP contribution in [0.2, 0.25) is 15.1 Å². The van der Waals surface area contributed by atoms with Crippen LogP contribution in [0.15, 0.2) is 52.9 Å². The molecule has 2 aromatic carbocycles. The maximum atomic E-state index is 12.3. The normalized spacial score (nSPS) is 10.6. The van der Waals surface area contributed by atoms with E-state index in [0.717, 1.165) is 0 Å². The van der Waals surface area contributed by atoms with Gasteiger partial charge in [0.25, 0.3) is 11.6 Å². The quantitative estimate of drug-likeness (QED) is 0.417. The second-order valence-electron chi connectivity index (χ2n) is 5.14. The van der Waals surface area contributed by atoms with Gasteiger partial charge in [0.05, 0.1) is 20.7 Å². The minimum absolute atomic E-state index is 0.00800. The molecule has 0 aliphatic carbocycles. The van der Waals surface area contributed by atoms with Crippen LogP contribution in [0, 0.1) is 10.1 Å². The SMILES string of the molecule is O=C(Nc1cccc(Cl)c1Cl)c1ccc(-c2ccc(Cl)c([N+](=O)[O-])c2)o1. The summed E-state index contributed by atoms with van der Waals surface area (Å²) in [4.78, 5) is 22.7. The summed E-state index contributed by atoms with van der Waals surface area (Å²) in [7, 11) is 0. The number of amides is 1. The molecule has 26 heavy (non-hydrogen) atoms. The Morgan fingerprint density at radius 3 is 2.54 bits per heavy atom. The minimum Gasteiger partial charge on any atom is -0.451 e. The Hall–Kier alpha value is -2.54. The Kier molecular flexibility index (Phi) is 5.18. The molecular weight excluding hydrogens is 403 g/mol. The zero-order valence-electron chi connectivity index (χ0n) is 12.8. The molecule has 1 aromatic heterocycles. The fourth-order valence-electron chi connectivity index (χ4n) is 2.21. The number of halogens is 3. The first-order valence-electron chi connectivity index (χ1n) is 7.16. The molecule has 0 fully saturated rings. The number of carbonyl (C=O) groups excluding carboxylic acids is 1. The third-order valence-electron chi connectivity index (χ3n) is 3.46. The first-order chi connectivity index (χ1) is 12.4. The van der Waals surface area contributed by atoms with E-state index in [1.54, 1.807) is 24.3 Å². The molecule has 0 bridgehead atoms. The highest BCUT2D eigenvalue weighted by atomic mass is 35.5. The lowest BCUT2D eigenvalue weighted by molar-refractivity contribution is -0.384. The van der Waals surface area contributed by atoms with Gasteiger partial charge in [0, 0.05) is 11.6 Å². The van der Waals surface area contributed by atoms with Crippen LogP contribution in [-0.2, 0) is 0 Å². The molecule has 0 unspecified atom stereocenters. The van der Waals surface area contributed by atoms with Gasteiger partial charge in [0.15, 0.2) is 5.76 Å². The fraction of sp³-hybridized carbons (Fsp3) is 0. The van der Waals surface area contributed by atoms with Crippen LogP contribution in [0.4, 0.5) is 11.4 Å². The molecule has 1 amide bonds. The minimum atomic E-state index is -0.594. The summed E-state index contributed by atoms with van der Waals surface area (Å²) in [5.41, 5.74) is 0.502. The molecule has 0 aliphatic rings. The number of nitrogens with one attached hydrogen (secondary N) is 1. The molecule has 6 nitrogen and oxygen atoms in total. The third-order valence-corrected chi connectivity index (χ3v) is 4.60. The fourth-order valence-corrected chi connectivity index (χ4v) is 2.74. The monoisotopic (exact) mass is 410 g/mol. The number of carbonyl (C=O) groups is 1. The smallest absolute Gasteiger partial charge is 0.291 e. The maximum absolute atomic E-state index is 12.3. The molecule has 0 spiro atoms. The van der Waals surface area contributed by atoms with Crippen LogP contribution in [0.25, 0.3) is 11.3 Å². The number of benzene rings is 2. The van der Waals surface area contributed by atoms with E-state index in [9.17, 15) is 14.9 Å². The van der Waals surface area contributed by atoms with Crippen LogP contribution < -0.4 is 5.32 Å². The number of nitrogens with zero attached hydrogens (tertiary/aromatic N) is 1. The van der Waals surface area contributed by atoms with E-state index in [1.165, 1.54) is 24.3 Å². The summed E-state index contributed by atoms with van der Waals surface area (Å²) < 4.78 is 5.49. The summed E-state index contributed by atoms with van der Waals surface area (Å²) in [5, 5.41) is 14.1. The summed E-state index contributed by atoms with van der Waals surface area (Å²) in [6.45, 7) is 0. The Labute approximate surface area is 162 Å². The van der Waals surface area contributed by atoms with Gasteiger partial charge in [-0.3, -0.25) is 14.9 Å². The van der Waals surface area contributed by atoms with Crippen molar-refractivity contribution in [1.82, 2.24) is 0 Å². The lowest BCUT2D eigenvalue weighted by atomic mass is 10.1. The molecule has 1 N–H and O–H groups in total. The van der Waals surface area contributed by atoms with Crippen molar-refractivity contribution in [3.8, 4) is 11.3 Å². The van der Waals surface area contributed by atoms with Gasteiger partial charge in [-0.05, 0) is 36.4 Å². The predicted octanol–water partition coefficient (Wildman–Crippen LogP) is 6.07. The van der Waals surface area contributed by atoms with Gasteiger partial charge in [-0.25, -0.2) is 0 Å². The summed E-state index contributed by atoms with van der Waals surface area (Å²) in [5.74, 6) is -0.246. The third kappa shape index (κ3) is 3.67. The van der Waals surface area contributed by atoms with E-state index in [-0.39, 0.29) is 27.3 Å². The number of rotatable bonds is 4. The largest absolute Gasteiger partial charge is 0.451 e. The van der Waals surface area contributed by atoms with Gasteiger partial charge < -0.3 is 9.73 Å². The molecule has 0 radical (unpaired) electrons. The standard InChI is InChI=1S/C17H9Cl3N2O4/c18-10-5-4-9(8-13(10)22(24)25)14-6-7-15(26-14)17(23)21-12-3-1-2-11(19)16(12)20/h1-8H,(H,21,23). The number of nitro groups is 1. The summed E-state index contributed by atoms with van der Waals surface area (Å²) >= 11 is 17.7. The van der Waals surface area contributed by atoms with Gasteiger partial charge in [0.2, 0.25) is 0 Å². The van der Waals surface area contributed by atoms with Crippen LogP contribution in [0.5, 0.6) is 0 Å². The van der Waals surface area contributed by atoms with Crippen molar-refractivity contribution in [1.29, 1.82) is 0 Å². The van der Waals surface area contributed by atoms with E-state index in [2.05, 4.69) is 5.32 Å². The number of hydrogen-bond donors (Lipinski definition) is 1. The molecule has 0 atom stereocenters.